The van der Waals surface area contributed by atoms with Gasteiger partial charge >= 0.3 is 6.09 Å². The van der Waals surface area contributed by atoms with Crippen LogP contribution >= 0.6 is 34.8 Å². The summed E-state index contributed by atoms with van der Waals surface area (Å²) in [5, 5.41) is 0.137. The minimum Gasteiger partial charge on any atom is -0.543 e. The summed E-state index contributed by atoms with van der Waals surface area (Å²) < 4.78 is 10.9. The molecule has 9 heteroatoms. The van der Waals surface area contributed by atoms with Crippen LogP contribution in [0.2, 0.25) is 18.1 Å². The first-order valence-corrected chi connectivity index (χ1v) is 19.8. The zero-order valence-corrected chi connectivity index (χ0v) is 28.4. The van der Waals surface area contributed by atoms with Gasteiger partial charge in [-0.2, -0.15) is 0 Å². The van der Waals surface area contributed by atoms with E-state index in [0.717, 1.165) is 44.0 Å². The quantitative estimate of drug-likeness (QED) is 0.242. The van der Waals surface area contributed by atoms with Gasteiger partial charge in [-0.3, -0.25) is 4.90 Å². The van der Waals surface area contributed by atoms with E-state index in [4.69, 9.17) is 44.0 Å². The maximum Gasteiger partial charge on any atom is 0.410 e. The van der Waals surface area contributed by atoms with Crippen molar-refractivity contribution >= 4 is 49.2 Å². The first kappa shape index (κ1) is 29.1. The Morgan fingerprint density at radius 2 is 1.88 bits per heavy atom. The van der Waals surface area contributed by atoms with E-state index in [0.29, 0.717) is 17.9 Å². The number of piperidine rings is 1. The summed E-state index contributed by atoms with van der Waals surface area (Å²) >= 11 is 17.8. The molecule has 6 aliphatic rings. The molecule has 0 N–H and O–H groups in total. The molecule has 5 nitrogen and oxygen atoms in total. The summed E-state index contributed by atoms with van der Waals surface area (Å²) in [6, 6.07) is 7.85. The molecule has 7 rings (SSSR count). The van der Waals surface area contributed by atoms with Gasteiger partial charge in [-0.25, -0.2) is 4.79 Å². The first-order chi connectivity index (χ1) is 19.2. The van der Waals surface area contributed by atoms with Crippen molar-refractivity contribution in [2.24, 2.45) is 23.2 Å². The Bertz CT molecular complexity index is 1240. The molecule has 5 unspecified atom stereocenters. The highest BCUT2D eigenvalue weighted by Crippen LogP contribution is 2.75. The van der Waals surface area contributed by atoms with Crippen LogP contribution in [-0.2, 0) is 16.6 Å². The number of fused-ring (bicyclic) bond motifs is 1. The van der Waals surface area contributed by atoms with Crippen LogP contribution in [0, 0.1) is 23.2 Å². The second-order valence-corrected chi connectivity index (χ2v) is 22.9. The van der Waals surface area contributed by atoms with E-state index in [1.807, 2.05) is 4.90 Å². The van der Waals surface area contributed by atoms with Crippen LogP contribution in [0.25, 0.3) is 0 Å². The number of carbonyl (C=O) groups is 1. The maximum atomic E-state index is 13.4. The van der Waals surface area contributed by atoms with Gasteiger partial charge in [-0.05, 0) is 116 Å². The van der Waals surface area contributed by atoms with E-state index in [1.54, 1.807) is 0 Å². The first-order valence-electron chi connectivity index (χ1n) is 15.7. The van der Waals surface area contributed by atoms with Crippen molar-refractivity contribution in [1.29, 1.82) is 0 Å². The Balaban J connectivity index is 1.29. The van der Waals surface area contributed by atoms with Crippen molar-refractivity contribution in [3.8, 4) is 5.75 Å². The minimum absolute atomic E-state index is 0.0654. The highest BCUT2D eigenvalue weighted by Gasteiger charge is 2.76. The van der Waals surface area contributed by atoms with E-state index < -0.39 is 12.1 Å². The number of hydrogen-bond acceptors (Lipinski definition) is 4. The summed E-state index contributed by atoms with van der Waals surface area (Å²) in [6.07, 6.45) is 8.17. The molecule has 0 radical (unpaired) electrons. The number of nitrogens with zero attached hydrogens (tertiary/aromatic N) is 2. The van der Waals surface area contributed by atoms with E-state index in [2.05, 4.69) is 57.0 Å². The minimum atomic E-state index is -1.99. The van der Waals surface area contributed by atoms with Gasteiger partial charge in [0.15, 0.2) is 0 Å². The molecule has 1 aromatic rings. The zero-order valence-electron chi connectivity index (χ0n) is 25.2. The van der Waals surface area contributed by atoms with Crippen LogP contribution in [0.1, 0.15) is 70.4 Å². The SMILES string of the molecule is CC(C)(C)[Si](C)(C)Oc1ccc2c(c1)C13CCN(CC4CC4)C(C2)C12CCC1C3[C@@H](CN1C(=O)OCC(Cl)(Cl)Cl)C2. The topological polar surface area (TPSA) is 42.0 Å². The lowest BCUT2D eigenvalue weighted by Gasteiger charge is -2.66. The predicted molar refractivity (Wildman–Crippen MR) is 168 cm³/mol. The lowest BCUT2D eigenvalue weighted by atomic mass is 9.43. The molecule has 0 spiro atoms. The monoisotopic (exact) mass is 638 g/mol. The molecule has 0 aromatic heterocycles. The van der Waals surface area contributed by atoms with Crippen LogP contribution in [0.4, 0.5) is 4.79 Å². The summed E-state index contributed by atoms with van der Waals surface area (Å²) in [4.78, 5) is 18.3. The number of likely N-dealkylation sites (tertiary alicyclic amines) is 2. The number of benzene rings is 1. The molecular weight excluding hydrogens is 595 g/mol. The predicted octanol–water partition coefficient (Wildman–Crippen LogP) is 7.96. The molecule has 2 aliphatic heterocycles. The molecule has 6 atom stereocenters. The molecule has 2 heterocycles. The molecule has 226 valence electrons. The van der Waals surface area contributed by atoms with Crippen LogP contribution in [0.15, 0.2) is 18.2 Å². The number of hydrogen-bond donors (Lipinski definition) is 0. The lowest BCUT2D eigenvalue weighted by molar-refractivity contribution is -0.103. The van der Waals surface area contributed by atoms with Crippen LogP contribution in [-0.4, -0.2) is 66.3 Å². The van der Waals surface area contributed by atoms with Gasteiger partial charge in [-0.15, -0.1) is 0 Å². The Morgan fingerprint density at radius 3 is 2.56 bits per heavy atom. The van der Waals surface area contributed by atoms with E-state index >= 15 is 0 Å². The highest BCUT2D eigenvalue weighted by molar-refractivity contribution is 6.74. The normalized spacial score (nSPS) is 36.1. The fourth-order valence-corrected chi connectivity index (χ4v) is 11.1. The number of alkyl halides is 3. The lowest BCUT2D eigenvalue weighted by Crippen LogP contribution is -2.70. The van der Waals surface area contributed by atoms with Crippen LogP contribution < -0.4 is 4.43 Å². The fourth-order valence-electron chi connectivity index (χ4n) is 9.88. The molecule has 3 saturated carbocycles. The van der Waals surface area contributed by atoms with Gasteiger partial charge < -0.3 is 14.1 Å². The largest absolute Gasteiger partial charge is 0.543 e. The average molecular weight is 640 g/mol. The van der Waals surface area contributed by atoms with E-state index in [9.17, 15) is 4.79 Å². The number of ether oxygens (including phenoxy) is 1. The van der Waals surface area contributed by atoms with E-state index in [-0.39, 0.29) is 34.6 Å². The molecule has 1 aromatic carbocycles. The third kappa shape index (κ3) is 4.42. The molecule has 1 amide bonds. The smallest absolute Gasteiger partial charge is 0.410 e. The Morgan fingerprint density at radius 1 is 1.12 bits per heavy atom. The molecule has 5 fully saturated rings. The maximum absolute atomic E-state index is 13.4. The van der Waals surface area contributed by atoms with Crippen molar-refractivity contribution in [2.45, 2.75) is 105 Å². The number of halogens is 3. The number of amides is 1. The van der Waals surface area contributed by atoms with Crippen molar-refractivity contribution in [3.63, 3.8) is 0 Å². The number of rotatable bonds is 5. The Hall–Kier alpha value is -0.663. The summed E-state index contributed by atoms with van der Waals surface area (Å²) in [5.74, 6) is 2.84. The van der Waals surface area contributed by atoms with Gasteiger partial charge in [0.25, 0.3) is 0 Å². The summed E-state index contributed by atoms with van der Waals surface area (Å²) in [7, 11) is -1.99. The second-order valence-electron chi connectivity index (χ2n) is 15.6. The standard InChI is InChI=1S/C32H45Cl3N2O3Si/c1-29(2,3)41(4,5)40-23-9-8-21-14-26-30-11-10-25-27(22(16-30)18-37(25)28(38)39-19-32(33,34)35)31(30,24(21)15-23)12-13-36(26)17-20-6-7-20/h8-9,15,20,22,25-27H,6-7,10-14,16-19H2,1-5H3/t22-,25?,26?,27?,30?,31?/m1/s1. The third-order valence-corrected chi connectivity index (χ3v) is 17.2. The van der Waals surface area contributed by atoms with Gasteiger partial charge in [0.05, 0.1) is 0 Å². The van der Waals surface area contributed by atoms with Crippen LogP contribution in [0.3, 0.4) is 0 Å². The van der Waals surface area contributed by atoms with Crippen molar-refractivity contribution in [3.05, 3.63) is 29.3 Å². The Labute approximate surface area is 261 Å². The van der Waals surface area contributed by atoms with Gasteiger partial charge in [0.1, 0.15) is 12.4 Å². The van der Waals surface area contributed by atoms with Crippen LogP contribution in [0.5, 0.6) is 5.75 Å². The molecule has 41 heavy (non-hydrogen) atoms. The van der Waals surface area contributed by atoms with Crippen molar-refractivity contribution in [1.82, 2.24) is 9.80 Å². The van der Waals surface area contributed by atoms with Gasteiger partial charge in [-0.1, -0.05) is 61.6 Å². The fraction of sp³-hybridized carbons (Fsp3) is 0.781. The number of carbonyl (C=O) groups excluding carboxylic acids is 1. The zero-order chi connectivity index (χ0) is 29.2. The summed E-state index contributed by atoms with van der Waals surface area (Å²) in [5.41, 5.74) is 3.37. The molecule has 4 aliphatic carbocycles. The van der Waals surface area contributed by atoms with Crippen molar-refractivity contribution in [2.75, 3.05) is 26.2 Å². The Kier molecular flexibility index (Phi) is 6.68. The summed E-state index contributed by atoms with van der Waals surface area (Å²) in [6.45, 7) is 14.5. The van der Waals surface area contributed by atoms with E-state index in [1.165, 1.54) is 43.4 Å². The second kappa shape index (κ2) is 9.42. The molecule has 4 bridgehead atoms. The molecule has 2 saturated heterocycles. The van der Waals surface area contributed by atoms with Gasteiger partial charge in [0, 0.05) is 30.6 Å². The van der Waals surface area contributed by atoms with Gasteiger partial charge in [0.2, 0.25) is 12.1 Å². The van der Waals surface area contributed by atoms with Crippen molar-refractivity contribution < 1.29 is 14.0 Å². The average Bonchev–Trinajstić information content (AvgIpc) is 3.56. The highest BCUT2D eigenvalue weighted by atomic mass is 35.6. The third-order valence-electron chi connectivity index (χ3n) is 12.5. The molecular formula is C32H45Cl3N2O3Si.